The van der Waals surface area contributed by atoms with E-state index in [0.29, 0.717) is 16.7 Å². The van der Waals surface area contributed by atoms with Crippen LogP contribution in [-0.4, -0.2) is 9.55 Å². The molecular weight excluding hydrogens is 203 g/mol. The molecule has 0 radical (unpaired) electrons. The molecule has 0 saturated heterocycles. The van der Waals surface area contributed by atoms with Crippen LogP contribution in [0, 0.1) is 19.7 Å². The fourth-order valence-corrected chi connectivity index (χ4v) is 1.64. The van der Waals surface area contributed by atoms with Crippen molar-refractivity contribution in [3.05, 3.63) is 28.3 Å². The summed E-state index contributed by atoms with van der Waals surface area (Å²) in [5.41, 5.74) is 2.13. The van der Waals surface area contributed by atoms with Gasteiger partial charge in [-0.15, -0.1) is 0 Å². The van der Waals surface area contributed by atoms with Crippen molar-refractivity contribution in [3.8, 4) is 0 Å². The van der Waals surface area contributed by atoms with Gasteiger partial charge in [0.15, 0.2) is 5.82 Å². The van der Waals surface area contributed by atoms with Gasteiger partial charge in [0.2, 0.25) is 0 Å². The first-order valence-electron chi connectivity index (χ1n) is 4.30. The number of pyridine rings is 1. The average molecular weight is 213 g/mol. The molecule has 0 N–H and O–H groups in total. The molecular formula is C10H10ClFN2. The summed E-state index contributed by atoms with van der Waals surface area (Å²) in [5.74, 6) is -0.377. The number of nitrogens with zero attached hydrogens (tertiary/aromatic N) is 2. The van der Waals surface area contributed by atoms with Crippen LogP contribution in [0.4, 0.5) is 4.39 Å². The highest BCUT2D eigenvalue weighted by molar-refractivity contribution is 6.32. The van der Waals surface area contributed by atoms with Crippen molar-refractivity contribution < 1.29 is 4.39 Å². The Morgan fingerprint density at radius 3 is 2.71 bits per heavy atom. The SMILES string of the molecule is Cc1nc2c(cc(C)n2C)c(F)c1Cl. The van der Waals surface area contributed by atoms with Crippen LogP contribution in [0.5, 0.6) is 0 Å². The Balaban J connectivity index is 2.98. The van der Waals surface area contributed by atoms with Gasteiger partial charge in [0.1, 0.15) is 5.65 Å². The largest absolute Gasteiger partial charge is 0.333 e. The van der Waals surface area contributed by atoms with Gasteiger partial charge in [0.05, 0.1) is 16.1 Å². The van der Waals surface area contributed by atoms with Crippen LogP contribution in [0.1, 0.15) is 11.4 Å². The number of halogens is 2. The zero-order valence-corrected chi connectivity index (χ0v) is 8.98. The Hall–Kier alpha value is -1.09. The molecule has 0 spiro atoms. The van der Waals surface area contributed by atoms with Crippen LogP contribution in [0.15, 0.2) is 6.07 Å². The van der Waals surface area contributed by atoms with E-state index in [2.05, 4.69) is 4.98 Å². The van der Waals surface area contributed by atoms with Gasteiger partial charge in [-0.05, 0) is 19.9 Å². The lowest BCUT2D eigenvalue weighted by Crippen LogP contribution is -1.95. The number of aryl methyl sites for hydroxylation is 3. The van der Waals surface area contributed by atoms with E-state index in [1.807, 2.05) is 18.5 Å². The minimum absolute atomic E-state index is 0.114. The summed E-state index contributed by atoms with van der Waals surface area (Å²) >= 11 is 5.77. The molecule has 0 aromatic carbocycles. The summed E-state index contributed by atoms with van der Waals surface area (Å²) in [4.78, 5) is 4.25. The molecule has 0 fully saturated rings. The van der Waals surface area contributed by atoms with E-state index in [1.54, 1.807) is 13.0 Å². The summed E-state index contributed by atoms with van der Waals surface area (Å²) in [6.07, 6.45) is 0. The molecule has 14 heavy (non-hydrogen) atoms. The summed E-state index contributed by atoms with van der Waals surface area (Å²) in [5, 5.41) is 0.601. The third kappa shape index (κ3) is 1.12. The highest BCUT2D eigenvalue weighted by atomic mass is 35.5. The minimum atomic E-state index is -0.377. The van der Waals surface area contributed by atoms with Crippen LogP contribution in [0.2, 0.25) is 5.02 Å². The van der Waals surface area contributed by atoms with E-state index in [-0.39, 0.29) is 10.8 Å². The maximum atomic E-state index is 13.7. The van der Waals surface area contributed by atoms with Crippen LogP contribution < -0.4 is 0 Å². The van der Waals surface area contributed by atoms with Gasteiger partial charge < -0.3 is 4.57 Å². The summed E-state index contributed by atoms with van der Waals surface area (Å²) in [7, 11) is 1.86. The second-order valence-electron chi connectivity index (χ2n) is 3.41. The maximum absolute atomic E-state index is 13.7. The average Bonchev–Trinajstić information content (AvgIpc) is 2.42. The molecule has 0 atom stereocenters. The molecule has 4 heteroatoms. The smallest absolute Gasteiger partial charge is 0.154 e. The minimum Gasteiger partial charge on any atom is -0.333 e. The van der Waals surface area contributed by atoms with Crippen molar-refractivity contribution in [1.29, 1.82) is 0 Å². The topological polar surface area (TPSA) is 17.8 Å². The fraction of sp³-hybridized carbons (Fsp3) is 0.300. The zero-order chi connectivity index (χ0) is 10.5. The van der Waals surface area contributed by atoms with Gasteiger partial charge in [-0.3, -0.25) is 0 Å². The summed E-state index contributed by atoms with van der Waals surface area (Å²) in [6, 6.07) is 1.75. The molecule has 0 aliphatic rings. The number of rotatable bonds is 0. The quantitative estimate of drug-likeness (QED) is 0.657. The normalized spacial score (nSPS) is 11.2. The number of fused-ring (bicyclic) bond motifs is 1. The van der Waals surface area contributed by atoms with Gasteiger partial charge in [0.25, 0.3) is 0 Å². The Morgan fingerprint density at radius 1 is 1.43 bits per heavy atom. The molecule has 0 saturated carbocycles. The van der Waals surface area contributed by atoms with Crippen LogP contribution >= 0.6 is 11.6 Å². The van der Waals surface area contributed by atoms with Crippen LogP contribution in [0.25, 0.3) is 11.0 Å². The molecule has 2 nitrogen and oxygen atoms in total. The van der Waals surface area contributed by atoms with E-state index in [9.17, 15) is 4.39 Å². The van der Waals surface area contributed by atoms with Gasteiger partial charge >= 0.3 is 0 Å². The van der Waals surface area contributed by atoms with Crippen molar-refractivity contribution in [1.82, 2.24) is 9.55 Å². The first-order chi connectivity index (χ1) is 6.52. The summed E-state index contributed by atoms with van der Waals surface area (Å²) in [6.45, 7) is 3.61. The second-order valence-corrected chi connectivity index (χ2v) is 3.79. The van der Waals surface area contributed by atoms with Crippen molar-refractivity contribution in [2.45, 2.75) is 13.8 Å². The van der Waals surface area contributed by atoms with Crippen LogP contribution in [-0.2, 0) is 7.05 Å². The molecule has 2 heterocycles. The highest BCUT2D eigenvalue weighted by Crippen LogP contribution is 2.27. The van der Waals surface area contributed by atoms with Gasteiger partial charge in [-0.25, -0.2) is 9.37 Å². The Bertz CT molecular complexity index is 517. The molecule has 2 rings (SSSR count). The molecule has 0 aliphatic carbocycles. The monoisotopic (exact) mass is 212 g/mol. The van der Waals surface area contributed by atoms with Crippen molar-refractivity contribution >= 4 is 22.6 Å². The predicted molar refractivity (Wildman–Crippen MR) is 55.2 cm³/mol. The first kappa shape index (κ1) is 9.46. The van der Waals surface area contributed by atoms with E-state index in [1.165, 1.54) is 0 Å². The Kier molecular flexibility index (Phi) is 2.00. The van der Waals surface area contributed by atoms with E-state index in [4.69, 9.17) is 11.6 Å². The molecule has 74 valence electrons. The number of aromatic nitrogens is 2. The third-order valence-corrected chi connectivity index (χ3v) is 2.90. The maximum Gasteiger partial charge on any atom is 0.154 e. The Morgan fingerprint density at radius 2 is 2.07 bits per heavy atom. The lowest BCUT2D eigenvalue weighted by atomic mass is 10.3. The predicted octanol–water partition coefficient (Wildman–Crippen LogP) is 2.98. The van der Waals surface area contributed by atoms with E-state index >= 15 is 0 Å². The van der Waals surface area contributed by atoms with E-state index in [0.717, 1.165) is 5.69 Å². The summed E-state index contributed by atoms with van der Waals surface area (Å²) < 4.78 is 15.5. The fourth-order valence-electron chi connectivity index (χ4n) is 1.50. The number of hydrogen-bond acceptors (Lipinski definition) is 1. The van der Waals surface area contributed by atoms with Gasteiger partial charge in [-0.2, -0.15) is 0 Å². The molecule has 0 amide bonds. The molecule has 2 aromatic rings. The third-order valence-electron chi connectivity index (χ3n) is 2.46. The molecule has 0 bridgehead atoms. The van der Waals surface area contributed by atoms with Crippen molar-refractivity contribution in [3.63, 3.8) is 0 Å². The number of hydrogen-bond donors (Lipinski definition) is 0. The van der Waals surface area contributed by atoms with Gasteiger partial charge in [0, 0.05) is 12.7 Å². The lowest BCUT2D eigenvalue weighted by Gasteiger charge is -2.02. The molecule has 0 aliphatic heterocycles. The first-order valence-corrected chi connectivity index (χ1v) is 4.67. The standard InChI is InChI=1S/C10H10ClFN2/c1-5-4-7-9(12)8(11)6(2)13-10(7)14(5)3/h4H,1-3H3. The highest BCUT2D eigenvalue weighted by Gasteiger charge is 2.14. The van der Waals surface area contributed by atoms with Crippen LogP contribution in [0.3, 0.4) is 0 Å². The van der Waals surface area contributed by atoms with Gasteiger partial charge in [-0.1, -0.05) is 11.6 Å². The zero-order valence-electron chi connectivity index (χ0n) is 8.23. The molecule has 2 aromatic heterocycles. The van der Waals surface area contributed by atoms with E-state index < -0.39 is 0 Å². The second kappa shape index (κ2) is 2.95. The van der Waals surface area contributed by atoms with Crippen molar-refractivity contribution in [2.24, 2.45) is 7.05 Å². The lowest BCUT2D eigenvalue weighted by molar-refractivity contribution is 0.637. The Labute approximate surface area is 86.3 Å². The molecule has 0 unspecified atom stereocenters. The van der Waals surface area contributed by atoms with Crippen molar-refractivity contribution in [2.75, 3.05) is 0 Å².